The Balaban J connectivity index is 2.37. The van der Waals surface area contributed by atoms with Gasteiger partial charge in [-0.05, 0) is 39.6 Å². The van der Waals surface area contributed by atoms with Crippen LogP contribution in [0.2, 0.25) is 0 Å². The first-order chi connectivity index (χ1) is 8.90. The molecule has 0 heterocycles. The van der Waals surface area contributed by atoms with Crippen molar-refractivity contribution in [3.05, 3.63) is 60.2 Å². The van der Waals surface area contributed by atoms with Gasteiger partial charge in [0.2, 0.25) is 0 Å². The lowest BCUT2D eigenvalue weighted by molar-refractivity contribution is 0.551. The van der Waals surface area contributed by atoms with Gasteiger partial charge in [-0.1, -0.05) is 48.5 Å². The molecule has 0 bridgehead atoms. The second-order valence-electron chi connectivity index (χ2n) is 4.44. The van der Waals surface area contributed by atoms with Crippen LogP contribution in [0.4, 0.5) is 0 Å². The predicted molar refractivity (Wildman–Crippen MR) is 75.5 cm³/mol. The maximum atomic E-state index is 10.5. The van der Waals surface area contributed by atoms with E-state index in [0.29, 0.717) is 6.42 Å². The number of benzene rings is 3. The molecule has 3 aromatic carbocycles. The first-order valence-electron chi connectivity index (χ1n) is 6.14. The molecule has 18 heavy (non-hydrogen) atoms. The number of hydrogen-bond donors (Lipinski definition) is 0. The van der Waals surface area contributed by atoms with E-state index in [1.54, 1.807) is 0 Å². The molecule has 0 unspecified atom stereocenters. The maximum Gasteiger partial charge on any atom is 0.198 e. The van der Waals surface area contributed by atoms with Crippen LogP contribution < -0.4 is 0 Å². The third kappa shape index (κ3) is 1.78. The molecule has 0 aliphatic carbocycles. The number of fused-ring (bicyclic) bond motifs is 2. The zero-order valence-electron chi connectivity index (χ0n) is 10.0. The van der Waals surface area contributed by atoms with Gasteiger partial charge >= 0.3 is 0 Å². The molecule has 0 saturated heterocycles. The smallest absolute Gasteiger partial charge is 0.198 e. The van der Waals surface area contributed by atoms with E-state index >= 15 is 0 Å². The summed E-state index contributed by atoms with van der Waals surface area (Å²) in [6, 6.07) is 18.9. The van der Waals surface area contributed by atoms with Crippen LogP contribution >= 0.6 is 0 Å². The monoisotopic (exact) mass is 233 g/mol. The summed E-state index contributed by atoms with van der Waals surface area (Å²) in [4.78, 5) is 10.5. The standard InChI is InChI=1S/C17H13O/c18-11-5-10-17-15-8-3-1-6-13(15)12-14-7-2-4-9-16(14)17/h1-4,6-9,12H,5,10H2. The molecule has 0 atom stereocenters. The van der Waals surface area contributed by atoms with Crippen LogP contribution in [0, 0.1) is 0 Å². The Morgan fingerprint density at radius 2 is 1.39 bits per heavy atom. The molecule has 0 saturated carbocycles. The van der Waals surface area contributed by atoms with E-state index in [4.69, 9.17) is 0 Å². The molecule has 1 radical (unpaired) electrons. The summed E-state index contributed by atoms with van der Waals surface area (Å²) in [6.07, 6.45) is 3.21. The molecule has 0 N–H and O–H groups in total. The Morgan fingerprint density at radius 3 is 1.94 bits per heavy atom. The summed E-state index contributed by atoms with van der Waals surface area (Å²) in [5.41, 5.74) is 1.26. The largest absolute Gasteiger partial charge is 0.291 e. The van der Waals surface area contributed by atoms with Crippen molar-refractivity contribution in [2.24, 2.45) is 0 Å². The first-order valence-corrected chi connectivity index (χ1v) is 6.14. The second kappa shape index (κ2) is 4.61. The molecule has 0 fully saturated rings. The van der Waals surface area contributed by atoms with Crippen LogP contribution in [0.15, 0.2) is 54.6 Å². The molecule has 0 aliphatic heterocycles. The number of rotatable bonds is 3. The van der Waals surface area contributed by atoms with E-state index in [2.05, 4.69) is 30.3 Å². The molecule has 1 nitrogen and oxygen atoms in total. The lowest BCUT2D eigenvalue weighted by Crippen LogP contribution is -1.91. The highest BCUT2D eigenvalue weighted by Gasteiger charge is 2.06. The van der Waals surface area contributed by atoms with Gasteiger partial charge in [-0.3, -0.25) is 4.79 Å². The fourth-order valence-electron chi connectivity index (χ4n) is 2.55. The summed E-state index contributed by atoms with van der Waals surface area (Å²) >= 11 is 0. The fraction of sp³-hybridized carbons (Fsp3) is 0.118. The van der Waals surface area contributed by atoms with Crippen molar-refractivity contribution in [2.45, 2.75) is 12.8 Å². The van der Waals surface area contributed by atoms with E-state index < -0.39 is 0 Å². The highest BCUT2D eigenvalue weighted by molar-refractivity contribution is 6.02. The van der Waals surface area contributed by atoms with Gasteiger partial charge in [0.05, 0.1) is 0 Å². The van der Waals surface area contributed by atoms with Crippen LogP contribution in [-0.4, -0.2) is 6.29 Å². The molecule has 87 valence electrons. The quantitative estimate of drug-likeness (QED) is 0.624. The molecule has 0 amide bonds. The summed E-state index contributed by atoms with van der Waals surface area (Å²) in [6.45, 7) is 0. The first kappa shape index (κ1) is 11.0. The minimum Gasteiger partial charge on any atom is -0.291 e. The van der Waals surface area contributed by atoms with Gasteiger partial charge in [0.15, 0.2) is 6.29 Å². The summed E-state index contributed by atoms with van der Waals surface area (Å²) in [5, 5.41) is 4.95. The molecular weight excluding hydrogens is 220 g/mol. The van der Waals surface area contributed by atoms with E-state index in [1.165, 1.54) is 27.1 Å². The normalized spacial score (nSPS) is 10.9. The van der Waals surface area contributed by atoms with Crippen LogP contribution in [0.3, 0.4) is 0 Å². The predicted octanol–water partition coefficient (Wildman–Crippen LogP) is 4.04. The highest BCUT2D eigenvalue weighted by atomic mass is 16.1. The van der Waals surface area contributed by atoms with Crippen LogP contribution in [0.5, 0.6) is 0 Å². The highest BCUT2D eigenvalue weighted by Crippen LogP contribution is 2.29. The number of carbonyl (C=O) groups excluding carboxylic acids is 1. The van der Waals surface area contributed by atoms with Crippen LogP contribution in [-0.2, 0) is 11.2 Å². The van der Waals surface area contributed by atoms with Gasteiger partial charge in [-0.15, -0.1) is 0 Å². The third-order valence-corrected chi connectivity index (χ3v) is 3.36. The van der Waals surface area contributed by atoms with Gasteiger partial charge in [-0.2, -0.15) is 0 Å². The minimum atomic E-state index is 0.456. The van der Waals surface area contributed by atoms with Gasteiger partial charge in [0.25, 0.3) is 0 Å². The van der Waals surface area contributed by atoms with Gasteiger partial charge in [0.1, 0.15) is 0 Å². The van der Waals surface area contributed by atoms with Crippen molar-refractivity contribution in [3.8, 4) is 0 Å². The third-order valence-electron chi connectivity index (χ3n) is 3.36. The van der Waals surface area contributed by atoms with Crippen molar-refractivity contribution < 1.29 is 4.79 Å². The molecular formula is C17H13O. The van der Waals surface area contributed by atoms with E-state index in [0.717, 1.165) is 6.42 Å². The molecule has 3 rings (SSSR count). The lowest BCUT2D eigenvalue weighted by atomic mass is 9.94. The van der Waals surface area contributed by atoms with Gasteiger partial charge < -0.3 is 0 Å². The van der Waals surface area contributed by atoms with E-state index in [1.807, 2.05) is 30.6 Å². The Morgan fingerprint density at radius 1 is 0.833 bits per heavy atom. The Hall–Kier alpha value is -2.15. The lowest BCUT2D eigenvalue weighted by Gasteiger charge is -2.10. The minimum absolute atomic E-state index is 0.456. The molecule has 0 aromatic heterocycles. The topological polar surface area (TPSA) is 17.1 Å². The zero-order valence-corrected chi connectivity index (χ0v) is 10.0. The van der Waals surface area contributed by atoms with Crippen LogP contribution in [0.25, 0.3) is 21.5 Å². The van der Waals surface area contributed by atoms with Crippen LogP contribution in [0.1, 0.15) is 12.0 Å². The van der Waals surface area contributed by atoms with Crippen molar-refractivity contribution in [2.75, 3.05) is 0 Å². The van der Waals surface area contributed by atoms with Crippen molar-refractivity contribution in [3.63, 3.8) is 0 Å². The SMILES string of the molecule is O=[C]CCc1c2ccccc2cc2ccccc12. The number of aryl methyl sites for hydroxylation is 1. The molecule has 3 aromatic rings. The van der Waals surface area contributed by atoms with Crippen molar-refractivity contribution >= 4 is 27.8 Å². The average Bonchev–Trinajstić information content (AvgIpc) is 2.43. The average molecular weight is 233 g/mol. The summed E-state index contributed by atoms with van der Waals surface area (Å²) in [5.74, 6) is 0. The fourth-order valence-corrected chi connectivity index (χ4v) is 2.55. The van der Waals surface area contributed by atoms with Gasteiger partial charge in [0, 0.05) is 6.42 Å². The summed E-state index contributed by atoms with van der Waals surface area (Å²) < 4.78 is 0. The summed E-state index contributed by atoms with van der Waals surface area (Å²) in [7, 11) is 0. The molecule has 1 heteroatoms. The Kier molecular flexibility index (Phi) is 2.81. The van der Waals surface area contributed by atoms with E-state index in [-0.39, 0.29) is 0 Å². The molecule has 0 aliphatic rings. The van der Waals surface area contributed by atoms with Gasteiger partial charge in [-0.25, -0.2) is 0 Å². The second-order valence-corrected chi connectivity index (χ2v) is 4.44. The Bertz CT molecular complexity index is 659. The van der Waals surface area contributed by atoms with Crippen molar-refractivity contribution in [1.82, 2.24) is 0 Å². The number of hydrogen-bond acceptors (Lipinski definition) is 1. The zero-order chi connectivity index (χ0) is 12.4. The Labute approximate surface area is 106 Å². The maximum absolute atomic E-state index is 10.5. The van der Waals surface area contributed by atoms with Crippen molar-refractivity contribution in [1.29, 1.82) is 0 Å². The molecule has 0 spiro atoms. The van der Waals surface area contributed by atoms with E-state index in [9.17, 15) is 4.79 Å².